The highest BCUT2D eigenvalue weighted by molar-refractivity contribution is 6.22. The maximum absolute atomic E-state index is 6.51. The smallest absolute Gasteiger partial charge is 0.118 e. The molecule has 2 heteroatoms. The number of ether oxygens (including phenoxy) is 1. The summed E-state index contributed by atoms with van der Waals surface area (Å²) in [4.78, 5) is 0. The summed E-state index contributed by atoms with van der Waals surface area (Å²) in [6, 6.07) is 15.8. The summed E-state index contributed by atoms with van der Waals surface area (Å²) in [5.74, 6) is 0.830. The second-order valence-electron chi connectivity index (χ2n) is 4.15. The van der Waals surface area contributed by atoms with Crippen LogP contribution in [0.3, 0.4) is 0 Å². The Balaban J connectivity index is 2.29. The average molecular weight is 271 g/mol. The highest BCUT2D eigenvalue weighted by atomic mass is 35.5. The van der Waals surface area contributed by atoms with Crippen LogP contribution in [0.5, 0.6) is 5.75 Å². The quantitative estimate of drug-likeness (QED) is 0.572. The molecule has 0 amide bonds. The van der Waals surface area contributed by atoms with Crippen molar-refractivity contribution < 1.29 is 4.74 Å². The third-order valence-corrected chi connectivity index (χ3v) is 3.38. The first-order valence-electron chi connectivity index (χ1n) is 5.98. The van der Waals surface area contributed by atoms with Gasteiger partial charge in [0.15, 0.2) is 0 Å². The molecule has 2 aromatic rings. The summed E-state index contributed by atoms with van der Waals surface area (Å²) in [5.41, 5.74) is 5.91. The molecule has 0 heterocycles. The van der Waals surface area contributed by atoms with E-state index in [2.05, 4.69) is 12.3 Å². The van der Waals surface area contributed by atoms with Crippen molar-refractivity contribution in [2.45, 2.75) is 5.38 Å². The fourth-order valence-corrected chi connectivity index (χ4v) is 2.17. The Labute approximate surface area is 118 Å². The molecule has 2 rings (SSSR count). The largest absolute Gasteiger partial charge is 0.497 e. The van der Waals surface area contributed by atoms with Crippen molar-refractivity contribution in [3.05, 3.63) is 77.5 Å². The monoisotopic (exact) mass is 270 g/mol. The molecule has 0 aliphatic carbocycles. The fraction of sp³-hybridized carbons (Fsp3) is 0.118. The van der Waals surface area contributed by atoms with Gasteiger partial charge in [-0.15, -0.1) is 17.3 Å². The number of benzene rings is 2. The van der Waals surface area contributed by atoms with E-state index in [1.54, 1.807) is 7.11 Å². The molecule has 0 aliphatic rings. The zero-order chi connectivity index (χ0) is 13.7. The Hall–Kier alpha value is -1.95. The van der Waals surface area contributed by atoms with Gasteiger partial charge in [-0.05, 0) is 41.0 Å². The van der Waals surface area contributed by atoms with E-state index in [1.807, 2.05) is 54.6 Å². The van der Waals surface area contributed by atoms with Crippen LogP contribution in [0.15, 0.2) is 60.8 Å². The Kier molecular flexibility index (Phi) is 4.46. The van der Waals surface area contributed by atoms with Crippen LogP contribution in [0.2, 0.25) is 0 Å². The first-order valence-corrected chi connectivity index (χ1v) is 6.42. The topological polar surface area (TPSA) is 9.23 Å². The SMILES string of the molecule is C=C=Cc1cccc(C(Cl)c2ccc(OC)cc2)c1. The highest BCUT2D eigenvalue weighted by Gasteiger charge is 2.10. The van der Waals surface area contributed by atoms with Crippen LogP contribution in [0.25, 0.3) is 6.08 Å². The molecule has 0 radical (unpaired) electrons. The van der Waals surface area contributed by atoms with E-state index in [0.29, 0.717) is 0 Å². The average Bonchev–Trinajstić information content (AvgIpc) is 2.47. The zero-order valence-electron chi connectivity index (χ0n) is 10.8. The van der Waals surface area contributed by atoms with Crippen LogP contribution >= 0.6 is 11.6 Å². The Morgan fingerprint density at radius 2 is 1.89 bits per heavy atom. The number of methoxy groups -OCH3 is 1. The van der Waals surface area contributed by atoms with Crippen LogP contribution in [0.4, 0.5) is 0 Å². The lowest BCUT2D eigenvalue weighted by molar-refractivity contribution is 0.414. The second-order valence-corrected chi connectivity index (χ2v) is 4.59. The number of rotatable bonds is 4. The van der Waals surface area contributed by atoms with Crippen molar-refractivity contribution in [3.8, 4) is 5.75 Å². The summed E-state index contributed by atoms with van der Waals surface area (Å²) < 4.78 is 5.14. The Morgan fingerprint density at radius 1 is 1.16 bits per heavy atom. The third kappa shape index (κ3) is 3.29. The lowest BCUT2D eigenvalue weighted by atomic mass is 10.0. The molecule has 0 spiro atoms. The molecule has 1 nitrogen and oxygen atoms in total. The summed E-state index contributed by atoms with van der Waals surface area (Å²) in [7, 11) is 1.65. The minimum Gasteiger partial charge on any atom is -0.497 e. The number of alkyl halides is 1. The van der Waals surface area contributed by atoms with Gasteiger partial charge in [0.05, 0.1) is 12.5 Å². The minimum absolute atomic E-state index is 0.177. The van der Waals surface area contributed by atoms with E-state index in [0.717, 1.165) is 22.4 Å². The van der Waals surface area contributed by atoms with Crippen molar-refractivity contribution in [2.75, 3.05) is 7.11 Å². The van der Waals surface area contributed by atoms with Gasteiger partial charge in [-0.25, -0.2) is 0 Å². The zero-order valence-corrected chi connectivity index (χ0v) is 11.5. The molecule has 0 bridgehead atoms. The molecule has 0 saturated carbocycles. The van der Waals surface area contributed by atoms with E-state index < -0.39 is 0 Å². The first kappa shape index (κ1) is 13.5. The predicted molar refractivity (Wildman–Crippen MR) is 80.7 cm³/mol. The van der Waals surface area contributed by atoms with Gasteiger partial charge in [0.2, 0.25) is 0 Å². The van der Waals surface area contributed by atoms with Crippen LogP contribution in [0, 0.1) is 0 Å². The molecule has 0 saturated heterocycles. The van der Waals surface area contributed by atoms with Gasteiger partial charge in [-0.1, -0.05) is 36.9 Å². The maximum atomic E-state index is 6.51. The lowest BCUT2D eigenvalue weighted by Gasteiger charge is -2.11. The van der Waals surface area contributed by atoms with Crippen molar-refractivity contribution in [1.29, 1.82) is 0 Å². The Bertz CT molecular complexity index is 595. The van der Waals surface area contributed by atoms with Crippen molar-refractivity contribution in [3.63, 3.8) is 0 Å². The third-order valence-electron chi connectivity index (χ3n) is 2.88. The van der Waals surface area contributed by atoms with Crippen molar-refractivity contribution in [2.24, 2.45) is 0 Å². The molecular weight excluding hydrogens is 256 g/mol. The van der Waals surface area contributed by atoms with Crippen molar-refractivity contribution in [1.82, 2.24) is 0 Å². The molecular formula is C17H15ClO. The van der Waals surface area contributed by atoms with Crippen LogP contribution in [0.1, 0.15) is 22.1 Å². The number of halogens is 1. The minimum atomic E-state index is -0.177. The summed E-state index contributed by atoms with van der Waals surface area (Å²) in [6.07, 6.45) is 1.83. The second kappa shape index (κ2) is 6.29. The fourth-order valence-electron chi connectivity index (χ4n) is 1.89. The number of hydrogen-bond donors (Lipinski definition) is 0. The molecule has 1 atom stereocenters. The van der Waals surface area contributed by atoms with E-state index in [1.165, 1.54) is 0 Å². The van der Waals surface area contributed by atoms with Gasteiger partial charge in [0.1, 0.15) is 5.75 Å². The highest BCUT2D eigenvalue weighted by Crippen LogP contribution is 2.30. The van der Waals surface area contributed by atoms with Crippen LogP contribution < -0.4 is 4.74 Å². The van der Waals surface area contributed by atoms with Gasteiger partial charge in [0, 0.05) is 0 Å². The normalized spacial score (nSPS) is 11.5. The molecule has 1 unspecified atom stereocenters. The Morgan fingerprint density at radius 3 is 2.53 bits per heavy atom. The summed E-state index contributed by atoms with van der Waals surface area (Å²) in [6.45, 7) is 3.58. The maximum Gasteiger partial charge on any atom is 0.118 e. The van der Waals surface area contributed by atoms with E-state index >= 15 is 0 Å². The van der Waals surface area contributed by atoms with Gasteiger partial charge < -0.3 is 4.74 Å². The van der Waals surface area contributed by atoms with Gasteiger partial charge in [0.25, 0.3) is 0 Å². The van der Waals surface area contributed by atoms with Gasteiger partial charge >= 0.3 is 0 Å². The van der Waals surface area contributed by atoms with Gasteiger partial charge in [-0.2, -0.15) is 0 Å². The van der Waals surface area contributed by atoms with E-state index in [4.69, 9.17) is 16.3 Å². The molecule has 0 aliphatic heterocycles. The van der Waals surface area contributed by atoms with Gasteiger partial charge in [-0.3, -0.25) is 0 Å². The molecule has 0 aromatic heterocycles. The van der Waals surface area contributed by atoms with E-state index in [-0.39, 0.29) is 5.38 Å². The summed E-state index contributed by atoms with van der Waals surface area (Å²) >= 11 is 6.51. The van der Waals surface area contributed by atoms with Crippen LogP contribution in [-0.4, -0.2) is 7.11 Å². The molecule has 19 heavy (non-hydrogen) atoms. The standard InChI is InChI=1S/C17H15ClO/c1-3-5-13-6-4-7-15(12-13)17(18)14-8-10-16(19-2)11-9-14/h4-12,17H,1H2,2H3. The van der Waals surface area contributed by atoms with Crippen LogP contribution in [-0.2, 0) is 0 Å². The molecule has 2 aromatic carbocycles. The molecule has 0 N–H and O–H groups in total. The first-order chi connectivity index (χ1) is 9.24. The lowest BCUT2D eigenvalue weighted by Crippen LogP contribution is -1.94. The van der Waals surface area contributed by atoms with Crippen molar-refractivity contribution >= 4 is 17.7 Å². The molecule has 0 fully saturated rings. The summed E-state index contributed by atoms with van der Waals surface area (Å²) in [5, 5.41) is -0.177. The number of hydrogen-bond acceptors (Lipinski definition) is 1. The van der Waals surface area contributed by atoms with E-state index in [9.17, 15) is 0 Å². The molecule has 96 valence electrons. The predicted octanol–water partition coefficient (Wildman–Crippen LogP) is 4.82.